The van der Waals surface area contributed by atoms with Gasteiger partial charge in [-0.2, -0.15) is 0 Å². The highest BCUT2D eigenvalue weighted by Crippen LogP contribution is 2.28. The Labute approximate surface area is 112 Å². The number of nitrogens with zero attached hydrogens (tertiary/aromatic N) is 1. The van der Waals surface area contributed by atoms with E-state index >= 15 is 0 Å². The summed E-state index contributed by atoms with van der Waals surface area (Å²) in [5, 5.41) is 0. The zero-order valence-electron chi connectivity index (χ0n) is 12.5. The summed E-state index contributed by atoms with van der Waals surface area (Å²) in [5.41, 5.74) is 5.80. The van der Waals surface area contributed by atoms with Gasteiger partial charge in [0.25, 0.3) is 0 Å². The zero-order valence-corrected chi connectivity index (χ0v) is 12.5. The molecule has 0 bridgehead atoms. The van der Waals surface area contributed by atoms with Crippen LogP contribution < -0.4 is 5.73 Å². The third-order valence-corrected chi connectivity index (χ3v) is 4.52. The fourth-order valence-corrected chi connectivity index (χ4v) is 2.61. The number of carbonyl (C=O) groups is 1. The van der Waals surface area contributed by atoms with Crippen molar-refractivity contribution in [1.82, 2.24) is 4.90 Å². The number of carbonyl (C=O) groups excluding carboxylic acids is 1. The van der Waals surface area contributed by atoms with Crippen molar-refractivity contribution >= 4 is 5.91 Å². The standard InChI is InChI=1S/C15H30N2O/c1-12-6-10-17(11-13(12)2)14(18)5-7-15(3,4)8-9-16/h12-13H,5-11,16H2,1-4H3. The number of piperidine rings is 1. The van der Waals surface area contributed by atoms with Gasteiger partial charge in [-0.05, 0) is 43.1 Å². The van der Waals surface area contributed by atoms with Crippen LogP contribution in [0, 0.1) is 17.3 Å². The molecule has 106 valence electrons. The lowest BCUT2D eigenvalue weighted by Crippen LogP contribution is -2.42. The van der Waals surface area contributed by atoms with Crippen molar-refractivity contribution in [1.29, 1.82) is 0 Å². The molecule has 1 heterocycles. The SMILES string of the molecule is CC1CCN(C(=O)CCC(C)(C)CCN)CC1C. The van der Waals surface area contributed by atoms with Crippen molar-refractivity contribution in [2.45, 2.75) is 53.4 Å². The summed E-state index contributed by atoms with van der Waals surface area (Å²) in [4.78, 5) is 14.3. The van der Waals surface area contributed by atoms with Crippen LogP contribution >= 0.6 is 0 Å². The highest BCUT2D eigenvalue weighted by atomic mass is 16.2. The van der Waals surface area contributed by atoms with E-state index in [1.807, 2.05) is 0 Å². The van der Waals surface area contributed by atoms with E-state index in [2.05, 4.69) is 32.6 Å². The van der Waals surface area contributed by atoms with Crippen molar-refractivity contribution in [3.8, 4) is 0 Å². The number of nitrogens with two attached hydrogens (primary N) is 1. The van der Waals surface area contributed by atoms with Gasteiger partial charge in [-0.25, -0.2) is 0 Å². The van der Waals surface area contributed by atoms with Gasteiger partial charge < -0.3 is 10.6 Å². The van der Waals surface area contributed by atoms with Crippen LogP contribution in [0.1, 0.15) is 53.4 Å². The minimum atomic E-state index is 0.194. The molecule has 0 saturated carbocycles. The molecule has 0 aromatic heterocycles. The van der Waals surface area contributed by atoms with Crippen LogP contribution in [0.25, 0.3) is 0 Å². The minimum absolute atomic E-state index is 0.194. The maximum absolute atomic E-state index is 12.2. The normalized spacial score (nSPS) is 25.3. The average Bonchev–Trinajstić information content (AvgIpc) is 2.30. The molecule has 1 fully saturated rings. The molecule has 0 radical (unpaired) electrons. The molecular weight excluding hydrogens is 224 g/mol. The highest BCUT2D eigenvalue weighted by molar-refractivity contribution is 5.76. The number of hydrogen-bond acceptors (Lipinski definition) is 2. The van der Waals surface area contributed by atoms with Crippen LogP contribution in [0.15, 0.2) is 0 Å². The topological polar surface area (TPSA) is 46.3 Å². The Balaban J connectivity index is 2.37. The fraction of sp³-hybridized carbons (Fsp3) is 0.933. The van der Waals surface area contributed by atoms with Crippen LogP contribution in [0.3, 0.4) is 0 Å². The first-order valence-corrected chi connectivity index (χ1v) is 7.33. The smallest absolute Gasteiger partial charge is 0.222 e. The average molecular weight is 254 g/mol. The summed E-state index contributed by atoms with van der Waals surface area (Å²) in [6.07, 6.45) is 3.77. The van der Waals surface area contributed by atoms with Gasteiger partial charge in [0.05, 0.1) is 0 Å². The van der Waals surface area contributed by atoms with Crippen LogP contribution in [0.4, 0.5) is 0 Å². The molecule has 1 aliphatic rings. The molecule has 1 saturated heterocycles. The summed E-state index contributed by atoms with van der Waals surface area (Å²) in [5.74, 6) is 1.72. The van der Waals surface area contributed by atoms with Gasteiger partial charge in [-0.15, -0.1) is 0 Å². The van der Waals surface area contributed by atoms with Gasteiger partial charge in [-0.1, -0.05) is 27.7 Å². The second-order valence-electron chi connectivity index (χ2n) is 6.79. The Morgan fingerprint density at radius 1 is 1.28 bits per heavy atom. The van der Waals surface area contributed by atoms with E-state index in [1.165, 1.54) is 0 Å². The van der Waals surface area contributed by atoms with Crippen molar-refractivity contribution in [2.75, 3.05) is 19.6 Å². The molecule has 0 aromatic carbocycles. The van der Waals surface area contributed by atoms with Crippen LogP contribution in [-0.2, 0) is 4.79 Å². The van der Waals surface area contributed by atoms with Crippen LogP contribution in [0.5, 0.6) is 0 Å². The van der Waals surface area contributed by atoms with Crippen LogP contribution in [-0.4, -0.2) is 30.4 Å². The molecule has 2 unspecified atom stereocenters. The van der Waals surface area contributed by atoms with Gasteiger partial charge in [-0.3, -0.25) is 4.79 Å². The minimum Gasteiger partial charge on any atom is -0.342 e. The maximum Gasteiger partial charge on any atom is 0.222 e. The maximum atomic E-state index is 12.2. The Kier molecular flexibility index (Phi) is 5.64. The summed E-state index contributed by atoms with van der Waals surface area (Å²) in [6, 6.07) is 0. The van der Waals surface area contributed by atoms with Crippen molar-refractivity contribution in [2.24, 2.45) is 23.0 Å². The molecule has 1 rings (SSSR count). The Bertz CT molecular complexity index is 276. The quantitative estimate of drug-likeness (QED) is 0.820. The number of rotatable bonds is 5. The van der Waals surface area contributed by atoms with Gasteiger partial charge in [0.2, 0.25) is 5.91 Å². The van der Waals surface area contributed by atoms with E-state index in [4.69, 9.17) is 5.73 Å². The summed E-state index contributed by atoms with van der Waals surface area (Å²) in [7, 11) is 0. The van der Waals surface area contributed by atoms with Crippen molar-refractivity contribution in [3.63, 3.8) is 0 Å². The van der Waals surface area contributed by atoms with Crippen molar-refractivity contribution in [3.05, 3.63) is 0 Å². The van der Waals surface area contributed by atoms with E-state index in [-0.39, 0.29) is 5.41 Å². The predicted molar refractivity (Wildman–Crippen MR) is 76.2 cm³/mol. The van der Waals surface area contributed by atoms with E-state index in [1.54, 1.807) is 0 Å². The lowest BCUT2D eigenvalue weighted by molar-refractivity contribution is -0.134. The first kappa shape index (κ1) is 15.5. The highest BCUT2D eigenvalue weighted by Gasteiger charge is 2.27. The van der Waals surface area contributed by atoms with Gasteiger partial charge in [0.15, 0.2) is 0 Å². The summed E-state index contributed by atoms with van der Waals surface area (Å²) < 4.78 is 0. The van der Waals surface area contributed by atoms with Gasteiger partial charge in [0.1, 0.15) is 0 Å². The fourth-order valence-electron chi connectivity index (χ4n) is 2.61. The predicted octanol–water partition coefficient (Wildman–Crippen LogP) is 2.65. The summed E-state index contributed by atoms with van der Waals surface area (Å²) in [6.45, 7) is 11.5. The Morgan fingerprint density at radius 2 is 1.94 bits per heavy atom. The Hall–Kier alpha value is -0.570. The molecule has 2 atom stereocenters. The first-order chi connectivity index (χ1) is 8.35. The number of hydrogen-bond donors (Lipinski definition) is 1. The van der Waals surface area contributed by atoms with E-state index in [0.717, 1.165) is 38.3 Å². The molecular formula is C15H30N2O. The number of amides is 1. The Morgan fingerprint density at radius 3 is 2.50 bits per heavy atom. The number of likely N-dealkylation sites (tertiary alicyclic amines) is 1. The molecule has 3 heteroatoms. The molecule has 0 aromatic rings. The van der Waals surface area contributed by atoms with Gasteiger partial charge in [0, 0.05) is 19.5 Å². The zero-order chi connectivity index (χ0) is 13.8. The monoisotopic (exact) mass is 254 g/mol. The molecule has 3 nitrogen and oxygen atoms in total. The second kappa shape index (κ2) is 6.55. The van der Waals surface area contributed by atoms with Crippen molar-refractivity contribution < 1.29 is 4.79 Å². The lowest BCUT2D eigenvalue weighted by Gasteiger charge is -2.36. The molecule has 18 heavy (non-hydrogen) atoms. The molecule has 1 aliphatic heterocycles. The third-order valence-electron chi connectivity index (χ3n) is 4.52. The van der Waals surface area contributed by atoms with Gasteiger partial charge >= 0.3 is 0 Å². The molecule has 1 amide bonds. The molecule has 0 aliphatic carbocycles. The first-order valence-electron chi connectivity index (χ1n) is 7.33. The third kappa shape index (κ3) is 4.60. The molecule has 2 N–H and O–H groups in total. The largest absolute Gasteiger partial charge is 0.342 e. The second-order valence-corrected chi connectivity index (χ2v) is 6.79. The van der Waals surface area contributed by atoms with E-state index in [9.17, 15) is 4.79 Å². The van der Waals surface area contributed by atoms with E-state index < -0.39 is 0 Å². The summed E-state index contributed by atoms with van der Waals surface area (Å²) >= 11 is 0. The molecule has 0 spiro atoms. The lowest BCUT2D eigenvalue weighted by atomic mass is 9.84. The van der Waals surface area contributed by atoms with E-state index in [0.29, 0.717) is 24.8 Å². The van der Waals surface area contributed by atoms with Crippen LogP contribution in [0.2, 0.25) is 0 Å².